The SMILES string of the molecule is CCc1nnc([C@@H]2C(=N)S/C(=C\c3ccc(-c4ccc(F)cc4)o3)C2=O)s1. The number of ketones is 1. The molecule has 3 heterocycles. The Balaban J connectivity index is 1.58. The largest absolute Gasteiger partial charge is 0.457 e. The fraction of sp³-hybridized carbons (Fsp3) is 0.158. The summed E-state index contributed by atoms with van der Waals surface area (Å²) in [5.74, 6) is -0.0621. The topological polar surface area (TPSA) is 79.8 Å². The van der Waals surface area contributed by atoms with Gasteiger partial charge >= 0.3 is 0 Å². The minimum Gasteiger partial charge on any atom is -0.457 e. The molecule has 0 spiro atoms. The third kappa shape index (κ3) is 3.50. The smallest absolute Gasteiger partial charge is 0.186 e. The molecule has 27 heavy (non-hydrogen) atoms. The van der Waals surface area contributed by atoms with Gasteiger partial charge in [-0.1, -0.05) is 18.7 Å². The number of hydrogen-bond acceptors (Lipinski definition) is 7. The molecule has 1 saturated heterocycles. The fourth-order valence-electron chi connectivity index (χ4n) is 2.67. The first kappa shape index (κ1) is 17.8. The third-order valence-electron chi connectivity index (χ3n) is 4.05. The molecule has 3 aromatic rings. The van der Waals surface area contributed by atoms with Crippen LogP contribution in [-0.2, 0) is 11.2 Å². The van der Waals surface area contributed by atoms with Gasteiger partial charge in [-0.25, -0.2) is 4.39 Å². The predicted octanol–water partition coefficient (Wildman–Crippen LogP) is 4.92. The summed E-state index contributed by atoms with van der Waals surface area (Å²) in [7, 11) is 0. The Hall–Kier alpha value is -2.58. The van der Waals surface area contributed by atoms with Crippen LogP contribution in [0.4, 0.5) is 4.39 Å². The Bertz CT molecular complexity index is 1050. The lowest BCUT2D eigenvalue weighted by Gasteiger charge is -2.00. The number of hydrogen-bond donors (Lipinski definition) is 1. The molecule has 1 atom stereocenters. The molecule has 0 saturated carbocycles. The average molecular weight is 399 g/mol. The number of carbonyl (C=O) groups is 1. The number of allylic oxidation sites excluding steroid dienone is 1. The highest BCUT2D eigenvalue weighted by Crippen LogP contribution is 2.41. The van der Waals surface area contributed by atoms with Crippen LogP contribution < -0.4 is 0 Å². The van der Waals surface area contributed by atoms with Crippen molar-refractivity contribution in [3.8, 4) is 11.3 Å². The summed E-state index contributed by atoms with van der Waals surface area (Å²) in [6.45, 7) is 1.97. The van der Waals surface area contributed by atoms with E-state index in [4.69, 9.17) is 9.83 Å². The summed E-state index contributed by atoms with van der Waals surface area (Å²) in [5.41, 5.74) is 0.748. The first-order valence-electron chi connectivity index (χ1n) is 8.25. The zero-order valence-corrected chi connectivity index (χ0v) is 15.9. The van der Waals surface area contributed by atoms with Gasteiger partial charge in [0.1, 0.15) is 33.3 Å². The van der Waals surface area contributed by atoms with Crippen LogP contribution in [-0.4, -0.2) is 21.0 Å². The van der Waals surface area contributed by atoms with Gasteiger partial charge in [-0.05, 0) is 48.9 Å². The highest BCUT2D eigenvalue weighted by atomic mass is 32.2. The number of thioether (sulfide) groups is 1. The van der Waals surface area contributed by atoms with Gasteiger partial charge in [-0.3, -0.25) is 10.2 Å². The Labute approximate surface area is 162 Å². The summed E-state index contributed by atoms with van der Waals surface area (Å²) in [4.78, 5) is 13.2. The molecule has 0 unspecified atom stereocenters. The van der Waals surface area contributed by atoms with E-state index in [-0.39, 0.29) is 16.6 Å². The number of halogens is 1. The first-order chi connectivity index (χ1) is 13.0. The zero-order valence-electron chi connectivity index (χ0n) is 14.2. The quantitative estimate of drug-likeness (QED) is 0.630. The van der Waals surface area contributed by atoms with E-state index in [9.17, 15) is 9.18 Å². The Morgan fingerprint density at radius 2 is 2.00 bits per heavy atom. The number of rotatable bonds is 4. The van der Waals surface area contributed by atoms with E-state index in [1.54, 1.807) is 30.3 Å². The van der Waals surface area contributed by atoms with Crippen molar-refractivity contribution < 1.29 is 13.6 Å². The molecule has 0 radical (unpaired) electrons. The summed E-state index contributed by atoms with van der Waals surface area (Å²) in [6, 6.07) is 9.51. The van der Waals surface area contributed by atoms with Gasteiger partial charge in [0.05, 0.1) is 9.95 Å². The molecule has 4 rings (SSSR count). The lowest BCUT2D eigenvalue weighted by molar-refractivity contribution is -0.114. The van der Waals surface area contributed by atoms with Crippen LogP contribution in [0.15, 0.2) is 45.7 Å². The molecule has 136 valence electrons. The number of carbonyl (C=O) groups excluding carboxylic acids is 1. The van der Waals surface area contributed by atoms with Gasteiger partial charge in [-0.2, -0.15) is 0 Å². The molecule has 0 amide bonds. The van der Waals surface area contributed by atoms with E-state index < -0.39 is 5.92 Å². The molecule has 1 aliphatic rings. The van der Waals surface area contributed by atoms with Crippen LogP contribution in [0.5, 0.6) is 0 Å². The van der Waals surface area contributed by atoms with Crippen LogP contribution in [0.2, 0.25) is 0 Å². The number of aryl methyl sites for hydroxylation is 1. The number of nitrogens with one attached hydrogen (secondary N) is 1. The molecule has 1 fully saturated rings. The van der Waals surface area contributed by atoms with Crippen LogP contribution in [0.3, 0.4) is 0 Å². The van der Waals surface area contributed by atoms with E-state index in [1.165, 1.54) is 23.5 Å². The molecule has 1 aliphatic heterocycles. The minimum absolute atomic E-state index is 0.163. The van der Waals surface area contributed by atoms with Crippen molar-refractivity contribution in [3.63, 3.8) is 0 Å². The maximum absolute atomic E-state index is 13.0. The van der Waals surface area contributed by atoms with E-state index in [0.29, 0.717) is 21.4 Å². The van der Waals surface area contributed by atoms with Gasteiger partial charge in [0.15, 0.2) is 5.78 Å². The van der Waals surface area contributed by atoms with E-state index in [1.807, 2.05) is 6.92 Å². The van der Waals surface area contributed by atoms with E-state index in [2.05, 4.69) is 10.2 Å². The monoisotopic (exact) mass is 399 g/mol. The molecule has 8 heteroatoms. The fourth-order valence-corrected chi connectivity index (χ4v) is 4.60. The van der Waals surface area contributed by atoms with Gasteiger partial charge < -0.3 is 4.42 Å². The Morgan fingerprint density at radius 3 is 2.70 bits per heavy atom. The van der Waals surface area contributed by atoms with E-state index in [0.717, 1.165) is 28.8 Å². The van der Waals surface area contributed by atoms with Crippen LogP contribution in [0, 0.1) is 11.2 Å². The number of benzene rings is 1. The molecule has 1 N–H and O–H groups in total. The predicted molar refractivity (Wildman–Crippen MR) is 104 cm³/mol. The molecule has 0 bridgehead atoms. The highest BCUT2D eigenvalue weighted by molar-refractivity contribution is 8.19. The zero-order chi connectivity index (χ0) is 19.0. The third-order valence-corrected chi connectivity index (χ3v) is 6.17. The first-order valence-corrected chi connectivity index (χ1v) is 9.88. The number of aromatic nitrogens is 2. The Morgan fingerprint density at radius 1 is 1.22 bits per heavy atom. The summed E-state index contributed by atoms with van der Waals surface area (Å²) in [6.07, 6.45) is 2.39. The van der Waals surface area contributed by atoms with Gasteiger partial charge in [-0.15, -0.1) is 21.5 Å². The van der Waals surface area contributed by atoms with Crippen molar-refractivity contribution in [2.45, 2.75) is 19.3 Å². The van der Waals surface area contributed by atoms with Crippen molar-refractivity contribution in [3.05, 3.63) is 62.9 Å². The van der Waals surface area contributed by atoms with Crippen molar-refractivity contribution in [1.29, 1.82) is 5.41 Å². The second-order valence-corrected chi connectivity index (χ2v) is 8.05. The number of furan rings is 1. The Kier molecular flexibility index (Phi) is 4.75. The number of Topliss-reactive ketones (excluding diaryl/α,β-unsaturated/α-hetero) is 1. The standard InChI is InChI=1S/C19H14FN3O2S2/c1-2-15-22-23-19(27-15)16-17(24)14(26-18(16)21)9-12-7-8-13(25-12)10-3-5-11(20)6-4-10/h3-9,16,21H,2H2,1H3/b14-9-,21-18?/t16-/m0/s1. The normalized spacial score (nSPS) is 18.6. The number of nitrogens with zero attached hydrogens (tertiary/aromatic N) is 2. The lowest BCUT2D eigenvalue weighted by atomic mass is 10.1. The maximum Gasteiger partial charge on any atom is 0.186 e. The molecular weight excluding hydrogens is 385 g/mol. The molecule has 1 aromatic carbocycles. The second kappa shape index (κ2) is 7.21. The average Bonchev–Trinajstić information content (AvgIpc) is 3.36. The molecule has 0 aliphatic carbocycles. The van der Waals surface area contributed by atoms with Crippen molar-refractivity contribution in [2.24, 2.45) is 0 Å². The van der Waals surface area contributed by atoms with E-state index >= 15 is 0 Å². The summed E-state index contributed by atoms with van der Waals surface area (Å²) in [5, 5.41) is 17.9. The lowest BCUT2D eigenvalue weighted by Crippen LogP contribution is -2.11. The molecular formula is C19H14FN3O2S2. The van der Waals surface area contributed by atoms with Crippen molar-refractivity contribution in [1.82, 2.24) is 10.2 Å². The van der Waals surface area contributed by atoms with Crippen molar-refractivity contribution >= 4 is 40.0 Å². The van der Waals surface area contributed by atoms with Crippen LogP contribution in [0.1, 0.15) is 28.6 Å². The van der Waals surface area contributed by atoms with Gasteiger partial charge in [0.2, 0.25) is 0 Å². The van der Waals surface area contributed by atoms with Gasteiger partial charge in [0.25, 0.3) is 0 Å². The van der Waals surface area contributed by atoms with Gasteiger partial charge in [0, 0.05) is 5.56 Å². The summed E-state index contributed by atoms with van der Waals surface area (Å²) < 4.78 is 18.8. The molecule has 5 nitrogen and oxygen atoms in total. The minimum atomic E-state index is -0.675. The van der Waals surface area contributed by atoms with Crippen LogP contribution in [0.25, 0.3) is 17.4 Å². The molecule has 2 aromatic heterocycles. The second-order valence-electron chi connectivity index (χ2n) is 5.87. The summed E-state index contributed by atoms with van der Waals surface area (Å²) >= 11 is 2.49. The van der Waals surface area contributed by atoms with Crippen LogP contribution >= 0.6 is 23.1 Å². The maximum atomic E-state index is 13.0. The highest BCUT2D eigenvalue weighted by Gasteiger charge is 2.39. The van der Waals surface area contributed by atoms with Crippen molar-refractivity contribution in [2.75, 3.05) is 0 Å².